The molecule has 3 N–H and O–H groups in total. The van der Waals surface area contributed by atoms with E-state index in [9.17, 15) is 4.79 Å². The summed E-state index contributed by atoms with van der Waals surface area (Å²) in [7, 11) is 6.92. The molecule has 6 nitrogen and oxygen atoms in total. The molecule has 0 aliphatic carbocycles. The molecule has 1 aromatic heterocycles. The number of esters is 1. The maximum Gasteiger partial charge on any atom is 0.350 e. The first-order valence-corrected chi connectivity index (χ1v) is 6.76. The molecule has 0 spiro atoms. The molecule has 0 aromatic carbocycles. The third-order valence-corrected chi connectivity index (χ3v) is 3.67. The van der Waals surface area contributed by atoms with Gasteiger partial charge in [-0.15, -0.1) is 11.3 Å². The minimum absolute atomic E-state index is 0.328. The number of hydrogen-bond donors (Lipinski definition) is 2. The lowest BCUT2D eigenvalue weighted by atomic mass is 10.3. The summed E-state index contributed by atoms with van der Waals surface area (Å²) in [6, 6.07) is 0. The van der Waals surface area contributed by atoms with Crippen LogP contribution < -0.4 is 15.8 Å². The summed E-state index contributed by atoms with van der Waals surface area (Å²) in [5, 5.41) is 4.00. The van der Waals surface area contributed by atoms with Crippen LogP contribution in [0.3, 0.4) is 0 Å². The van der Waals surface area contributed by atoms with Crippen molar-refractivity contribution in [3.63, 3.8) is 0 Å². The largest absolute Gasteiger partial charge is 0.492 e. The number of hydrogen-bond acceptors (Lipinski definition) is 7. The Morgan fingerprint density at radius 1 is 1.42 bits per heavy atom. The molecule has 1 heterocycles. The van der Waals surface area contributed by atoms with Gasteiger partial charge in [0.15, 0.2) is 5.75 Å². The van der Waals surface area contributed by atoms with E-state index in [1.807, 2.05) is 14.1 Å². The molecule has 0 aliphatic rings. The van der Waals surface area contributed by atoms with Crippen LogP contribution in [0.4, 0.5) is 10.7 Å². The Bertz CT molecular complexity index is 432. The fourth-order valence-corrected chi connectivity index (χ4v) is 2.62. The van der Waals surface area contributed by atoms with Crippen LogP contribution in [0, 0.1) is 0 Å². The van der Waals surface area contributed by atoms with E-state index in [1.165, 1.54) is 25.6 Å². The predicted molar refractivity (Wildman–Crippen MR) is 78.3 cm³/mol. The van der Waals surface area contributed by atoms with E-state index in [-0.39, 0.29) is 0 Å². The van der Waals surface area contributed by atoms with Gasteiger partial charge in [-0.05, 0) is 27.1 Å². The van der Waals surface area contributed by atoms with Gasteiger partial charge >= 0.3 is 5.97 Å². The number of methoxy groups -OCH3 is 2. The van der Waals surface area contributed by atoms with E-state index in [2.05, 4.69) is 15.0 Å². The molecule has 0 unspecified atom stereocenters. The van der Waals surface area contributed by atoms with Gasteiger partial charge in [0.1, 0.15) is 15.6 Å². The number of anilines is 2. The van der Waals surface area contributed by atoms with Crippen molar-refractivity contribution in [2.24, 2.45) is 0 Å². The number of nitrogens with one attached hydrogen (secondary N) is 1. The fourth-order valence-electron chi connectivity index (χ4n) is 1.59. The normalized spacial score (nSPS) is 10.6. The molecule has 1 rings (SSSR count). The summed E-state index contributed by atoms with van der Waals surface area (Å²) in [5.74, 6) is 0.0670. The van der Waals surface area contributed by atoms with Gasteiger partial charge in [-0.3, -0.25) is 0 Å². The third-order valence-electron chi connectivity index (χ3n) is 2.54. The Morgan fingerprint density at radius 3 is 2.63 bits per heavy atom. The van der Waals surface area contributed by atoms with E-state index in [4.69, 9.17) is 10.5 Å². The van der Waals surface area contributed by atoms with Gasteiger partial charge < -0.3 is 25.4 Å². The van der Waals surface area contributed by atoms with Crippen LogP contribution >= 0.6 is 11.3 Å². The Hall–Kier alpha value is -1.47. The zero-order chi connectivity index (χ0) is 14.4. The molecular weight excluding hydrogens is 266 g/mol. The van der Waals surface area contributed by atoms with Gasteiger partial charge in [-0.2, -0.15) is 0 Å². The molecule has 0 fully saturated rings. The van der Waals surface area contributed by atoms with Gasteiger partial charge in [0.25, 0.3) is 0 Å². The van der Waals surface area contributed by atoms with Crippen molar-refractivity contribution in [3.05, 3.63) is 4.88 Å². The van der Waals surface area contributed by atoms with Gasteiger partial charge in [-0.25, -0.2) is 4.79 Å². The second kappa shape index (κ2) is 7.20. The molecule has 108 valence electrons. The first-order chi connectivity index (χ1) is 9.01. The minimum Gasteiger partial charge on any atom is -0.492 e. The van der Waals surface area contributed by atoms with Crippen LogP contribution in [0.1, 0.15) is 16.1 Å². The monoisotopic (exact) mass is 287 g/mol. The highest BCUT2D eigenvalue weighted by atomic mass is 32.1. The zero-order valence-electron chi connectivity index (χ0n) is 11.8. The Kier molecular flexibility index (Phi) is 5.91. The van der Waals surface area contributed by atoms with Gasteiger partial charge in [0, 0.05) is 6.54 Å². The topological polar surface area (TPSA) is 76.8 Å². The summed E-state index contributed by atoms with van der Waals surface area (Å²) in [6.07, 6.45) is 0.988. The van der Waals surface area contributed by atoms with Crippen molar-refractivity contribution in [3.8, 4) is 5.75 Å². The van der Waals surface area contributed by atoms with Gasteiger partial charge in [0.2, 0.25) is 0 Å². The van der Waals surface area contributed by atoms with Crippen LogP contribution in [0.15, 0.2) is 0 Å². The first kappa shape index (κ1) is 15.6. The lowest BCUT2D eigenvalue weighted by Crippen LogP contribution is -2.16. The molecule has 0 saturated carbocycles. The number of thiophene rings is 1. The van der Waals surface area contributed by atoms with Gasteiger partial charge in [0.05, 0.1) is 14.2 Å². The average molecular weight is 287 g/mol. The Morgan fingerprint density at radius 2 is 2.11 bits per heavy atom. The van der Waals surface area contributed by atoms with Crippen LogP contribution in [0.25, 0.3) is 0 Å². The number of carbonyl (C=O) groups excluding carboxylic acids is 1. The summed E-state index contributed by atoms with van der Waals surface area (Å²) >= 11 is 1.25. The molecule has 1 aromatic rings. The standard InChI is InChI=1S/C12H21N3O3S/c1-15(2)7-5-6-14-11-9(17-3)8(13)10(19-11)12(16)18-4/h14H,5-7,13H2,1-4H3. The summed E-state index contributed by atoms with van der Waals surface area (Å²) in [4.78, 5) is 14.0. The molecule has 0 aliphatic heterocycles. The lowest BCUT2D eigenvalue weighted by molar-refractivity contribution is 0.0607. The lowest BCUT2D eigenvalue weighted by Gasteiger charge is -2.10. The van der Waals surface area contributed by atoms with Gasteiger partial charge in [-0.1, -0.05) is 0 Å². The van der Waals surface area contributed by atoms with Crippen LogP contribution in [-0.2, 0) is 4.74 Å². The SMILES string of the molecule is COC(=O)c1sc(NCCCN(C)C)c(OC)c1N. The quantitative estimate of drug-likeness (QED) is 0.584. The number of nitrogen functional groups attached to an aromatic ring is 1. The van der Waals surface area contributed by atoms with Crippen molar-refractivity contribution in [1.82, 2.24) is 4.90 Å². The van der Waals surface area contributed by atoms with Crippen molar-refractivity contribution in [2.75, 3.05) is 52.5 Å². The predicted octanol–water partition coefficient (Wildman–Crippen LogP) is 1.49. The molecule has 19 heavy (non-hydrogen) atoms. The molecule has 0 amide bonds. The zero-order valence-corrected chi connectivity index (χ0v) is 12.6. The van der Waals surface area contributed by atoms with Crippen molar-refractivity contribution in [1.29, 1.82) is 0 Å². The van der Waals surface area contributed by atoms with E-state index >= 15 is 0 Å². The third kappa shape index (κ3) is 4.00. The minimum atomic E-state index is -0.442. The smallest absolute Gasteiger partial charge is 0.350 e. The number of nitrogens with zero attached hydrogens (tertiary/aromatic N) is 1. The maximum atomic E-state index is 11.6. The highest BCUT2D eigenvalue weighted by molar-refractivity contribution is 7.19. The van der Waals surface area contributed by atoms with E-state index in [1.54, 1.807) is 0 Å². The number of carbonyl (C=O) groups is 1. The number of nitrogens with two attached hydrogens (primary N) is 1. The first-order valence-electron chi connectivity index (χ1n) is 5.94. The average Bonchev–Trinajstić information content (AvgIpc) is 2.70. The fraction of sp³-hybridized carbons (Fsp3) is 0.583. The second-order valence-electron chi connectivity index (χ2n) is 4.28. The Balaban J connectivity index is 2.74. The summed E-state index contributed by atoms with van der Waals surface area (Å²) < 4.78 is 9.92. The molecule has 0 saturated heterocycles. The second-order valence-corrected chi connectivity index (χ2v) is 5.30. The van der Waals surface area contributed by atoms with E-state index in [0.717, 1.165) is 24.5 Å². The highest BCUT2D eigenvalue weighted by Gasteiger charge is 2.22. The molecule has 0 radical (unpaired) electrons. The van der Waals surface area contributed by atoms with Crippen molar-refractivity contribution in [2.45, 2.75) is 6.42 Å². The highest BCUT2D eigenvalue weighted by Crippen LogP contribution is 2.42. The molecule has 0 atom stereocenters. The summed E-state index contributed by atoms with van der Waals surface area (Å²) in [6.45, 7) is 1.77. The number of rotatable bonds is 7. The molecular formula is C12H21N3O3S. The molecule has 7 heteroatoms. The van der Waals surface area contributed by atoms with Crippen molar-refractivity contribution < 1.29 is 14.3 Å². The summed E-state index contributed by atoms with van der Waals surface area (Å²) in [5.41, 5.74) is 6.21. The van der Waals surface area contributed by atoms with Crippen molar-refractivity contribution >= 4 is 28.0 Å². The number of ether oxygens (including phenoxy) is 2. The Labute approximate surface area is 117 Å². The van der Waals surface area contributed by atoms with E-state index < -0.39 is 5.97 Å². The van der Waals surface area contributed by atoms with Crippen LogP contribution in [0.2, 0.25) is 0 Å². The van der Waals surface area contributed by atoms with Crippen LogP contribution in [0.5, 0.6) is 5.75 Å². The van der Waals surface area contributed by atoms with Crippen LogP contribution in [-0.4, -0.2) is 52.3 Å². The van der Waals surface area contributed by atoms with E-state index in [0.29, 0.717) is 16.3 Å². The maximum absolute atomic E-state index is 11.6. The molecule has 0 bridgehead atoms.